The lowest BCUT2D eigenvalue weighted by atomic mass is 9.92. The quantitative estimate of drug-likeness (QED) is 0.330. The Balaban J connectivity index is 0.00000194. The van der Waals surface area contributed by atoms with Gasteiger partial charge in [0.1, 0.15) is 5.75 Å². The van der Waals surface area contributed by atoms with Crippen molar-refractivity contribution in [2.24, 2.45) is 5.73 Å². The number of imidazole rings is 1. The molecule has 10 nitrogen and oxygen atoms in total. The molecule has 1 aromatic carbocycles. The number of likely N-dealkylation sites (tertiary alicyclic amines) is 1. The van der Waals surface area contributed by atoms with Crippen LogP contribution in [0.2, 0.25) is 0 Å². The van der Waals surface area contributed by atoms with E-state index in [0.29, 0.717) is 42.9 Å². The minimum absolute atomic E-state index is 0. The fourth-order valence-corrected chi connectivity index (χ4v) is 6.20. The number of anilines is 2. The maximum absolute atomic E-state index is 12.7. The van der Waals surface area contributed by atoms with E-state index in [1.165, 1.54) is 25.7 Å². The van der Waals surface area contributed by atoms with Crippen LogP contribution in [0.15, 0.2) is 36.7 Å². The molecule has 0 atom stereocenters. The first-order valence-corrected chi connectivity index (χ1v) is 14.6. The van der Waals surface area contributed by atoms with Crippen LogP contribution in [-0.4, -0.2) is 68.1 Å². The van der Waals surface area contributed by atoms with Crippen LogP contribution in [0.1, 0.15) is 70.3 Å². The van der Waals surface area contributed by atoms with Crippen molar-refractivity contribution < 1.29 is 9.53 Å². The largest absolute Gasteiger partial charge is 0.484 e. The Morgan fingerprint density at radius 2 is 1.59 bits per heavy atom. The minimum Gasteiger partial charge on any atom is -0.484 e. The van der Waals surface area contributed by atoms with Gasteiger partial charge in [-0.3, -0.25) is 4.79 Å². The highest BCUT2D eigenvalue weighted by Gasteiger charge is 2.27. The second-order valence-electron chi connectivity index (χ2n) is 11.3. The number of piperidine rings is 1. The van der Waals surface area contributed by atoms with E-state index in [1.54, 1.807) is 0 Å². The molecule has 224 valence electrons. The number of aromatic nitrogens is 4. The lowest BCUT2D eigenvalue weighted by molar-refractivity contribution is -0.134. The number of nitrogens with two attached hydrogens (primary N) is 1. The number of nitrogens with zero attached hydrogens (tertiary/aromatic N) is 5. The van der Waals surface area contributed by atoms with Crippen LogP contribution in [0.25, 0.3) is 11.2 Å². The number of carbonyl (C=O) groups is 1. The molecule has 0 spiro atoms. The van der Waals surface area contributed by atoms with Crippen molar-refractivity contribution in [3.63, 3.8) is 0 Å². The number of fused-ring (bicyclic) bond motifs is 1. The van der Waals surface area contributed by atoms with E-state index in [1.807, 2.05) is 41.6 Å². The molecule has 0 bridgehead atoms. The third-order valence-electron chi connectivity index (χ3n) is 8.54. The number of carbonyl (C=O) groups excluding carboxylic acids is 1. The van der Waals surface area contributed by atoms with Gasteiger partial charge in [0.05, 0.1) is 6.33 Å². The van der Waals surface area contributed by atoms with Crippen LogP contribution in [0, 0.1) is 0 Å². The van der Waals surface area contributed by atoms with E-state index < -0.39 is 0 Å². The summed E-state index contributed by atoms with van der Waals surface area (Å²) in [5, 5.41) is 7.28. The molecule has 2 saturated carbocycles. The lowest BCUT2D eigenvalue weighted by Crippen LogP contribution is -2.44. The Morgan fingerprint density at radius 3 is 2.29 bits per heavy atom. The second kappa shape index (κ2) is 14.4. The van der Waals surface area contributed by atoms with Crippen molar-refractivity contribution in [3.05, 3.63) is 36.7 Å². The Kier molecular flexibility index (Phi) is 10.9. The molecule has 2 aromatic heterocycles. The van der Waals surface area contributed by atoms with E-state index in [9.17, 15) is 4.79 Å². The zero-order valence-corrected chi connectivity index (χ0v) is 25.0. The maximum Gasteiger partial charge on any atom is 0.260 e. The van der Waals surface area contributed by atoms with Crippen LogP contribution in [0.3, 0.4) is 0 Å². The summed E-state index contributed by atoms with van der Waals surface area (Å²) in [5.41, 5.74) is 7.86. The van der Waals surface area contributed by atoms with Gasteiger partial charge >= 0.3 is 0 Å². The van der Waals surface area contributed by atoms with Gasteiger partial charge in [-0.05, 0) is 63.5 Å². The molecular formula is C29H42Cl2N8O2. The van der Waals surface area contributed by atoms with Gasteiger partial charge in [0.15, 0.2) is 23.6 Å². The van der Waals surface area contributed by atoms with Crippen LogP contribution in [0.4, 0.5) is 11.8 Å². The fraction of sp³-hybridized carbons (Fsp3) is 0.586. The van der Waals surface area contributed by atoms with E-state index >= 15 is 0 Å². The summed E-state index contributed by atoms with van der Waals surface area (Å²) in [7, 11) is 0. The Labute approximate surface area is 254 Å². The molecule has 1 aliphatic heterocycles. The van der Waals surface area contributed by atoms with Gasteiger partial charge < -0.3 is 30.6 Å². The summed E-state index contributed by atoms with van der Waals surface area (Å²) in [6.45, 7) is 1.44. The van der Waals surface area contributed by atoms with Gasteiger partial charge in [-0.15, -0.1) is 24.8 Å². The molecule has 41 heavy (non-hydrogen) atoms. The van der Waals surface area contributed by atoms with Crippen molar-refractivity contribution in [1.29, 1.82) is 0 Å². The van der Waals surface area contributed by atoms with Crippen LogP contribution >= 0.6 is 24.8 Å². The van der Waals surface area contributed by atoms with E-state index in [0.717, 1.165) is 55.5 Å². The van der Waals surface area contributed by atoms with Crippen molar-refractivity contribution in [3.8, 4) is 5.75 Å². The average Bonchev–Trinajstić information content (AvgIpc) is 3.64. The zero-order chi connectivity index (χ0) is 26.6. The van der Waals surface area contributed by atoms with Gasteiger partial charge in [0.2, 0.25) is 5.95 Å². The summed E-state index contributed by atoms with van der Waals surface area (Å²) in [5.74, 6) is 2.18. The summed E-state index contributed by atoms with van der Waals surface area (Å²) >= 11 is 0. The molecule has 1 amide bonds. The molecule has 3 aliphatic rings. The summed E-state index contributed by atoms with van der Waals surface area (Å²) < 4.78 is 7.92. The standard InChI is InChI=1S/C29H40N8O2.2ClH/c30-20-10-12-21(13-11-20)33-29-34-27(26-28(35-29)37(19-31-26)23-6-4-5-7-23)32-22-14-16-36(17-15-22)25(38)18-39-24-8-2-1-3-9-24;;/h1-3,8-9,19-23H,4-7,10-18,30H2,(H2,32,33,34,35);2*1H. The highest BCUT2D eigenvalue weighted by atomic mass is 35.5. The first-order chi connectivity index (χ1) is 19.1. The number of para-hydroxylation sites is 1. The predicted octanol–water partition coefficient (Wildman–Crippen LogP) is 4.95. The number of hydrogen-bond acceptors (Lipinski definition) is 8. The van der Waals surface area contributed by atoms with Crippen molar-refractivity contribution in [2.75, 3.05) is 30.3 Å². The van der Waals surface area contributed by atoms with E-state index in [-0.39, 0.29) is 43.4 Å². The minimum atomic E-state index is 0. The SMILES string of the molecule is Cl.Cl.NC1CCC(Nc2nc(NC3CCN(C(=O)COc4ccccc4)CC3)c3ncn(C4CCCC4)c3n2)CC1. The normalized spacial score (nSPS) is 21.6. The molecule has 1 saturated heterocycles. The Bertz CT molecular complexity index is 1250. The first kappa shape index (κ1) is 31.1. The molecule has 0 radical (unpaired) electrons. The molecule has 4 N–H and O–H groups in total. The van der Waals surface area contributed by atoms with Gasteiger partial charge in [0, 0.05) is 37.3 Å². The van der Waals surface area contributed by atoms with E-state index in [2.05, 4.69) is 15.2 Å². The van der Waals surface area contributed by atoms with Gasteiger partial charge in [-0.2, -0.15) is 9.97 Å². The number of hydrogen-bond donors (Lipinski definition) is 3. The summed E-state index contributed by atoms with van der Waals surface area (Å²) in [4.78, 5) is 29.3. The van der Waals surface area contributed by atoms with Crippen molar-refractivity contribution >= 4 is 53.7 Å². The lowest BCUT2D eigenvalue weighted by Gasteiger charge is -2.32. The number of rotatable bonds is 8. The maximum atomic E-state index is 12.7. The predicted molar refractivity (Wildman–Crippen MR) is 166 cm³/mol. The topological polar surface area (TPSA) is 123 Å². The van der Waals surface area contributed by atoms with Gasteiger partial charge in [0.25, 0.3) is 5.91 Å². The highest BCUT2D eigenvalue weighted by molar-refractivity contribution is 5.86. The number of ether oxygens (including phenoxy) is 1. The molecule has 3 aromatic rings. The molecule has 3 heterocycles. The van der Waals surface area contributed by atoms with Crippen LogP contribution in [0.5, 0.6) is 5.75 Å². The number of amides is 1. The third kappa shape index (κ3) is 7.53. The highest BCUT2D eigenvalue weighted by Crippen LogP contribution is 2.34. The molecular weight excluding hydrogens is 563 g/mol. The number of nitrogens with one attached hydrogen (secondary N) is 2. The number of halogens is 2. The molecule has 2 aliphatic carbocycles. The summed E-state index contributed by atoms with van der Waals surface area (Å²) in [6.07, 6.45) is 12.6. The first-order valence-electron chi connectivity index (χ1n) is 14.6. The van der Waals surface area contributed by atoms with Gasteiger partial charge in [-0.1, -0.05) is 31.0 Å². The zero-order valence-electron chi connectivity index (χ0n) is 23.4. The van der Waals surface area contributed by atoms with Crippen LogP contribution in [-0.2, 0) is 4.79 Å². The summed E-state index contributed by atoms with van der Waals surface area (Å²) in [6, 6.07) is 10.8. The van der Waals surface area contributed by atoms with Crippen molar-refractivity contribution in [2.45, 2.75) is 88.4 Å². The molecule has 12 heteroatoms. The third-order valence-corrected chi connectivity index (χ3v) is 8.54. The Morgan fingerprint density at radius 1 is 0.902 bits per heavy atom. The second-order valence-corrected chi connectivity index (χ2v) is 11.3. The van der Waals surface area contributed by atoms with Crippen LogP contribution < -0.4 is 21.1 Å². The van der Waals surface area contributed by atoms with E-state index in [4.69, 9.17) is 25.4 Å². The monoisotopic (exact) mass is 604 g/mol. The molecule has 3 fully saturated rings. The number of benzene rings is 1. The van der Waals surface area contributed by atoms with Crippen molar-refractivity contribution in [1.82, 2.24) is 24.4 Å². The average molecular weight is 606 g/mol. The molecule has 6 rings (SSSR count). The Hall–Kier alpha value is -2.82. The van der Waals surface area contributed by atoms with Gasteiger partial charge in [-0.25, -0.2) is 4.98 Å². The fourth-order valence-electron chi connectivity index (χ4n) is 6.20. The molecule has 0 unspecified atom stereocenters. The smallest absolute Gasteiger partial charge is 0.260 e.